The number of rotatable bonds is 8. The van der Waals surface area contributed by atoms with Crippen LogP contribution in [0.2, 0.25) is 0 Å². The van der Waals surface area contributed by atoms with Crippen LogP contribution in [0.1, 0.15) is 24.0 Å². The quantitative estimate of drug-likeness (QED) is 0.561. The Morgan fingerprint density at radius 1 is 1.00 bits per heavy atom. The normalized spacial score (nSPS) is 12.7. The Kier molecular flexibility index (Phi) is 7.40. The third-order valence-electron chi connectivity index (χ3n) is 5.11. The summed E-state index contributed by atoms with van der Waals surface area (Å²) in [5, 5.41) is 2.88. The van der Waals surface area contributed by atoms with Crippen LogP contribution < -0.4 is 15.0 Å². The standard InChI is InChI=1S/C25H25N3O3S/c29-23(10-11-25(30)28-14-15-32-22-9-5-4-8-21(22)28)27-17-20-12-13-26-24(16-20)31-18-19-6-2-1-3-7-19/h1-9,12-13,16H,10-11,14-15,17-18H2,(H,27,29). The number of nitrogens with one attached hydrogen (secondary N) is 1. The van der Waals surface area contributed by atoms with E-state index >= 15 is 0 Å². The molecule has 4 rings (SSSR count). The number of ether oxygens (including phenoxy) is 1. The highest BCUT2D eigenvalue weighted by molar-refractivity contribution is 7.99. The molecule has 1 aromatic heterocycles. The summed E-state index contributed by atoms with van der Waals surface area (Å²) in [6, 6.07) is 21.4. The Morgan fingerprint density at radius 2 is 1.81 bits per heavy atom. The second kappa shape index (κ2) is 10.8. The molecule has 2 heterocycles. The zero-order chi connectivity index (χ0) is 22.2. The third-order valence-corrected chi connectivity index (χ3v) is 6.16. The van der Waals surface area contributed by atoms with Crippen molar-refractivity contribution in [2.24, 2.45) is 0 Å². The highest BCUT2D eigenvalue weighted by Crippen LogP contribution is 2.34. The van der Waals surface area contributed by atoms with Crippen LogP contribution in [0.15, 0.2) is 77.8 Å². The summed E-state index contributed by atoms with van der Waals surface area (Å²) in [6.45, 7) is 1.47. The molecule has 164 valence electrons. The molecular formula is C25H25N3O3S. The zero-order valence-electron chi connectivity index (χ0n) is 17.7. The summed E-state index contributed by atoms with van der Waals surface area (Å²) in [6.07, 6.45) is 2.01. The molecule has 32 heavy (non-hydrogen) atoms. The first-order valence-corrected chi connectivity index (χ1v) is 11.6. The number of thioether (sulfide) groups is 1. The first kappa shape index (κ1) is 21.9. The van der Waals surface area contributed by atoms with Crippen molar-refractivity contribution in [3.8, 4) is 5.88 Å². The van der Waals surface area contributed by atoms with Crippen LogP contribution in [0.25, 0.3) is 0 Å². The summed E-state index contributed by atoms with van der Waals surface area (Å²) < 4.78 is 5.74. The van der Waals surface area contributed by atoms with E-state index in [2.05, 4.69) is 10.3 Å². The van der Waals surface area contributed by atoms with Crippen molar-refractivity contribution in [1.82, 2.24) is 10.3 Å². The Hall–Kier alpha value is -3.32. The average molecular weight is 448 g/mol. The van der Waals surface area contributed by atoms with Gasteiger partial charge in [-0.25, -0.2) is 4.98 Å². The number of anilines is 1. The van der Waals surface area contributed by atoms with Gasteiger partial charge in [-0.15, -0.1) is 11.8 Å². The van der Waals surface area contributed by atoms with E-state index in [1.807, 2.05) is 66.7 Å². The number of fused-ring (bicyclic) bond motifs is 1. The van der Waals surface area contributed by atoms with Gasteiger partial charge in [0.25, 0.3) is 0 Å². The summed E-state index contributed by atoms with van der Waals surface area (Å²) >= 11 is 1.75. The lowest BCUT2D eigenvalue weighted by atomic mass is 10.2. The van der Waals surface area contributed by atoms with Crippen LogP contribution in [-0.4, -0.2) is 29.1 Å². The maximum Gasteiger partial charge on any atom is 0.227 e. The summed E-state index contributed by atoms with van der Waals surface area (Å²) in [7, 11) is 0. The van der Waals surface area contributed by atoms with Gasteiger partial charge in [-0.05, 0) is 29.3 Å². The van der Waals surface area contributed by atoms with E-state index in [0.29, 0.717) is 25.6 Å². The molecule has 1 aliphatic rings. The molecule has 2 amide bonds. The first-order valence-electron chi connectivity index (χ1n) is 10.6. The van der Waals surface area contributed by atoms with E-state index in [0.717, 1.165) is 27.5 Å². The van der Waals surface area contributed by atoms with E-state index in [1.165, 1.54) is 0 Å². The van der Waals surface area contributed by atoms with E-state index in [-0.39, 0.29) is 24.7 Å². The minimum atomic E-state index is -0.151. The molecule has 3 aromatic rings. The van der Waals surface area contributed by atoms with E-state index in [9.17, 15) is 9.59 Å². The van der Waals surface area contributed by atoms with Crippen LogP contribution in [0, 0.1) is 0 Å². The van der Waals surface area contributed by atoms with E-state index < -0.39 is 0 Å². The van der Waals surface area contributed by atoms with Crippen LogP contribution in [0.4, 0.5) is 5.69 Å². The minimum absolute atomic E-state index is 0.0200. The van der Waals surface area contributed by atoms with Gasteiger partial charge in [0, 0.05) is 48.8 Å². The molecule has 0 saturated heterocycles. The third kappa shape index (κ3) is 5.88. The molecule has 0 radical (unpaired) electrons. The number of benzene rings is 2. The van der Waals surface area contributed by atoms with E-state index in [4.69, 9.17) is 4.74 Å². The Morgan fingerprint density at radius 3 is 2.69 bits per heavy atom. The van der Waals surface area contributed by atoms with Gasteiger partial charge in [0.1, 0.15) is 6.61 Å². The van der Waals surface area contributed by atoms with Gasteiger partial charge in [0.2, 0.25) is 17.7 Å². The van der Waals surface area contributed by atoms with Crippen molar-refractivity contribution in [3.05, 3.63) is 84.1 Å². The summed E-state index contributed by atoms with van der Waals surface area (Å²) in [5.41, 5.74) is 2.89. The van der Waals surface area contributed by atoms with Gasteiger partial charge in [0.15, 0.2) is 0 Å². The van der Waals surface area contributed by atoms with Crippen molar-refractivity contribution in [2.45, 2.75) is 30.9 Å². The van der Waals surface area contributed by atoms with E-state index in [1.54, 1.807) is 22.9 Å². The molecule has 2 aromatic carbocycles. The monoisotopic (exact) mass is 447 g/mol. The van der Waals surface area contributed by atoms with Crippen molar-refractivity contribution < 1.29 is 14.3 Å². The van der Waals surface area contributed by atoms with Gasteiger partial charge in [-0.2, -0.15) is 0 Å². The highest BCUT2D eigenvalue weighted by atomic mass is 32.2. The molecule has 1 N–H and O–H groups in total. The fraction of sp³-hybridized carbons (Fsp3) is 0.240. The highest BCUT2D eigenvalue weighted by Gasteiger charge is 2.22. The lowest BCUT2D eigenvalue weighted by Crippen LogP contribution is -2.36. The van der Waals surface area contributed by atoms with Gasteiger partial charge in [0.05, 0.1) is 5.69 Å². The molecular weight excluding hydrogens is 422 g/mol. The molecule has 7 heteroatoms. The van der Waals surface area contributed by atoms with Crippen LogP contribution in [-0.2, 0) is 22.7 Å². The molecule has 6 nitrogen and oxygen atoms in total. The number of para-hydroxylation sites is 1. The number of carbonyl (C=O) groups excluding carboxylic acids is 2. The second-order valence-corrected chi connectivity index (χ2v) is 8.55. The molecule has 0 atom stereocenters. The predicted molar refractivity (Wildman–Crippen MR) is 126 cm³/mol. The van der Waals surface area contributed by atoms with Gasteiger partial charge >= 0.3 is 0 Å². The number of pyridine rings is 1. The maximum absolute atomic E-state index is 12.7. The topological polar surface area (TPSA) is 71.5 Å². The minimum Gasteiger partial charge on any atom is -0.473 e. The van der Waals surface area contributed by atoms with Crippen LogP contribution >= 0.6 is 11.8 Å². The lowest BCUT2D eigenvalue weighted by molar-refractivity contribution is -0.125. The smallest absolute Gasteiger partial charge is 0.227 e. The molecule has 0 spiro atoms. The Labute approximate surface area is 192 Å². The van der Waals surface area contributed by atoms with Crippen molar-refractivity contribution in [1.29, 1.82) is 0 Å². The van der Waals surface area contributed by atoms with Crippen molar-refractivity contribution in [2.75, 3.05) is 17.2 Å². The number of carbonyl (C=O) groups is 2. The Balaban J connectivity index is 1.23. The first-order chi connectivity index (χ1) is 15.7. The lowest BCUT2D eigenvalue weighted by Gasteiger charge is -2.29. The number of amides is 2. The molecule has 0 unspecified atom stereocenters. The molecule has 0 bridgehead atoms. The van der Waals surface area contributed by atoms with Crippen LogP contribution in [0.3, 0.4) is 0 Å². The maximum atomic E-state index is 12.7. The molecule has 0 aliphatic carbocycles. The predicted octanol–water partition coefficient (Wildman–Crippen LogP) is 4.20. The zero-order valence-corrected chi connectivity index (χ0v) is 18.5. The number of hydrogen-bond donors (Lipinski definition) is 1. The van der Waals surface area contributed by atoms with Crippen molar-refractivity contribution >= 4 is 29.3 Å². The summed E-state index contributed by atoms with van der Waals surface area (Å²) in [5.74, 6) is 1.21. The molecule has 1 aliphatic heterocycles. The van der Waals surface area contributed by atoms with Gasteiger partial charge in [-0.3, -0.25) is 9.59 Å². The number of hydrogen-bond acceptors (Lipinski definition) is 5. The van der Waals surface area contributed by atoms with Crippen molar-refractivity contribution in [3.63, 3.8) is 0 Å². The fourth-order valence-corrected chi connectivity index (χ4v) is 4.44. The van der Waals surface area contributed by atoms with Gasteiger partial charge < -0.3 is 15.0 Å². The summed E-state index contributed by atoms with van der Waals surface area (Å²) in [4.78, 5) is 32.1. The van der Waals surface area contributed by atoms with Crippen LogP contribution in [0.5, 0.6) is 5.88 Å². The Bertz CT molecular complexity index is 1070. The fourth-order valence-electron chi connectivity index (χ4n) is 3.44. The van der Waals surface area contributed by atoms with Gasteiger partial charge in [-0.1, -0.05) is 42.5 Å². The largest absolute Gasteiger partial charge is 0.473 e. The number of aromatic nitrogens is 1. The molecule has 0 saturated carbocycles. The second-order valence-electron chi connectivity index (χ2n) is 7.41. The average Bonchev–Trinajstić information content (AvgIpc) is 2.85. The SMILES string of the molecule is O=C(CCC(=O)N1CCSc2ccccc21)NCc1ccnc(OCc2ccccc2)c1. The molecule has 0 fully saturated rings. The number of nitrogens with zero attached hydrogens (tertiary/aromatic N) is 2.